The molecule has 0 N–H and O–H groups in total. The lowest BCUT2D eigenvalue weighted by Crippen LogP contribution is -2.49. The molecule has 33 heavy (non-hydrogen) atoms. The van der Waals surface area contributed by atoms with E-state index in [2.05, 4.69) is 20.9 Å². The second kappa shape index (κ2) is 9.35. The van der Waals surface area contributed by atoms with Crippen LogP contribution in [0.5, 0.6) is 0 Å². The zero-order valence-electron chi connectivity index (χ0n) is 18.0. The van der Waals surface area contributed by atoms with E-state index in [0.29, 0.717) is 43.1 Å². The van der Waals surface area contributed by atoms with Gasteiger partial charge in [0.15, 0.2) is 0 Å². The number of nitriles is 1. The second-order valence-corrected chi connectivity index (χ2v) is 8.83. The highest BCUT2D eigenvalue weighted by atomic mass is 32.2. The first-order valence-electron chi connectivity index (χ1n) is 10.8. The van der Waals surface area contributed by atoms with E-state index in [1.54, 1.807) is 30.1 Å². The standard InChI is InChI=1S/C25H22N6OS/c26-16-20-4-3-10-27-24(20)29-12-14-30(15-13-29)25(32)19-6-8-22(9-7-19)33-18-21-17-31-11-2-1-5-23(31)28-21/h1-11,17H,12-15,18H2. The number of imidazole rings is 1. The van der Waals surface area contributed by atoms with Gasteiger partial charge in [0.25, 0.3) is 5.91 Å². The van der Waals surface area contributed by atoms with Crippen molar-refractivity contribution in [3.8, 4) is 6.07 Å². The maximum absolute atomic E-state index is 13.0. The zero-order valence-corrected chi connectivity index (χ0v) is 18.8. The Kier molecular flexibility index (Phi) is 5.96. The molecular formula is C25H22N6OS. The van der Waals surface area contributed by atoms with Gasteiger partial charge in [-0.25, -0.2) is 9.97 Å². The van der Waals surface area contributed by atoms with Crippen molar-refractivity contribution in [2.75, 3.05) is 31.1 Å². The Bertz CT molecular complexity index is 1290. The Morgan fingerprint density at radius 2 is 1.85 bits per heavy atom. The van der Waals surface area contributed by atoms with Gasteiger partial charge in [-0.15, -0.1) is 11.8 Å². The van der Waals surface area contributed by atoms with Crippen LogP contribution in [0.15, 0.2) is 78.1 Å². The molecule has 0 atom stereocenters. The molecule has 0 radical (unpaired) electrons. The fourth-order valence-electron chi connectivity index (χ4n) is 3.95. The molecule has 1 amide bonds. The highest BCUT2D eigenvalue weighted by molar-refractivity contribution is 7.98. The van der Waals surface area contributed by atoms with Gasteiger partial charge in [-0.2, -0.15) is 5.26 Å². The average Bonchev–Trinajstić information content (AvgIpc) is 3.30. The molecule has 1 fully saturated rings. The summed E-state index contributed by atoms with van der Waals surface area (Å²) in [5.74, 6) is 1.50. The molecule has 4 aromatic rings. The summed E-state index contributed by atoms with van der Waals surface area (Å²) in [5, 5.41) is 9.31. The Morgan fingerprint density at radius 3 is 2.61 bits per heavy atom. The molecular weight excluding hydrogens is 432 g/mol. The van der Waals surface area contributed by atoms with Gasteiger partial charge in [-0.3, -0.25) is 4.79 Å². The van der Waals surface area contributed by atoms with Crippen molar-refractivity contribution in [2.45, 2.75) is 10.6 Å². The Labute approximate surface area is 196 Å². The van der Waals surface area contributed by atoms with Crippen LogP contribution in [0.2, 0.25) is 0 Å². The number of piperazine rings is 1. The van der Waals surface area contributed by atoms with Crippen molar-refractivity contribution < 1.29 is 4.79 Å². The fourth-order valence-corrected chi connectivity index (χ4v) is 4.73. The van der Waals surface area contributed by atoms with Crippen LogP contribution in [0.25, 0.3) is 5.65 Å². The molecule has 0 unspecified atom stereocenters. The lowest BCUT2D eigenvalue weighted by Gasteiger charge is -2.35. The van der Waals surface area contributed by atoms with E-state index < -0.39 is 0 Å². The monoisotopic (exact) mass is 454 g/mol. The first kappa shape index (κ1) is 21.0. The van der Waals surface area contributed by atoms with Crippen molar-refractivity contribution in [2.24, 2.45) is 0 Å². The van der Waals surface area contributed by atoms with Crippen LogP contribution in [0.3, 0.4) is 0 Å². The molecule has 1 aliphatic rings. The molecule has 3 aromatic heterocycles. The van der Waals surface area contributed by atoms with Gasteiger partial charge in [0, 0.05) is 61.0 Å². The minimum atomic E-state index is 0.0353. The van der Waals surface area contributed by atoms with E-state index in [1.807, 2.05) is 64.2 Å². The van der Waals surface area contributed by atoms with Gasteiger partial charge < -0.3 is 14.2 Å². The van der Waals surface area contributed by atoms with Gasteiger partial charge in [0.05, 0.1) is 11.3 Å². The molecule has 0 aliphatic carbocycles. The van der Waals surface area contributed by atoms with Crippen LogP contribution in [0.1, 0.15) is 21.6 Å². The Balaban J connectivity index is 1.17. The van der Waals surface area contributed by atoms with Gasteiger partial charge >= 0.3 is 0 Å². The largest absolute Gasteiger partial charge is 0.352 e. The lowest BCUT2D eigenvalue weighted by atomic mass is 10.1. The number of thioether (sulfide) groups is 1. The maximum Gasteiger partial charge on any atom is 0.253 e. The summed E-state index contributed by atoms with van der Waals surface area (Å²) in [6.45, 7) is 2.52. The third-order valence-corrected chi connectivity index (χ3v) is 6.72. The third kappa shape index (κ3) is 4.54. The molecule has 0 bridgehead atoms. The van der Waals surface area contributed by atoms with Crippen LogP contribution >= 0.6 is 11.8 Å². The van der Waals surface area contributed by atoms with Gasteiger partial charge in [0.1, 0.15) is 17.5 Å². The number of hydrogen-bond acceptors (Lipinski definition) is 6. The topological polar surface area (TPSA) is 77.5 Å². The second-order valence-electron chi connectivity index (χ2n) is 7.78. The zero-order chi connectivity index (χ0) is 22.6. The molecule has 1 aromatic carbocycles. The number of carbonyl (C=O) groups excluding carboxylic acids is 1. The number of rotatable bonds is 5. The van der Waals surface area contributed by atoms with Gasteiger partial charge in [-0.1, -0.05) is 6.07 Å². The van der Waals surface area contributed by atoms with Crippen LogP contribution < -0.4 is 4.90 Å². The summed E-state index contributed by atoms with van der Waals surface area (Å²) in [4.78, 5) is 27.0. The quantitative estimate of drug-likeness (QED) is 0.426. The number of pyridine rings is 2. The SMILES string of the molecule is N#Cc1cccnc1N1CCN(C(=O)c2ccc(SCc3cn4ccccc4n3)cc2)CC1. The lowest BCUT2D eigenvalue weighted by molar-refractivity contribution is 0.0746. The van der Waals surface area contributed by atoms with E-state index in [9.17, 15) is 10.1 Å². The molecule has 8 heteroatoms. The highest BCUT2D eigenvalue weighted by Crippen LogP contribution is 2.24. The number of aromatic nitrogens is 3. The van der Waals surface area contributed by atoms with E-state index in [0.717, 1.165) is 22.0 Å². The van der Waals surface area contributed by atoms with Crippen LogP contribution in [0.4, 0.5) is 5.82 Å². The molecule has 0 saturated carbocycles. The molecule has 5 rings (SSSR count). The summed E-state index contributed by atoms with van der Waals surface area (Å²) in [5.41, 5.74) is 3.22. The van der Waals surface area contributed by atoms with E-state index in [1.165, 1.54) is 0 Å². The number of anilines is 1. The van der Waals surface area contributed by atoms with Gasteiger partial charge in [0.2, 0.25) is 0 Å². The number of carbonyl (C=O) groups is 1. The van der Waals surface area contributed by atoms with Crippen molar-refractivity contribution in [1.82, 2.24) is 19.3 Å². The minimum absolute atomic E-state index is 0.0353. The summed E-state index contributed by atoms with van der Waals surface area (Å²) >= 11 is 1.71. The van der Waals surface area contributed by atoms with Crippen LogP contribution in [-0.4, -0.2) is 51.4 Å². The summed E-state index contributed by atoms with van der Waals surface area (Å²) in [6.07, 6.45) is 5.74. The predicted octanol–water partition coefficient (Wildman–Crippen LogP) is 3.86. The highest BCUT2D eigenvalue weighted by Gasteiger charge is 2.24. The maximum atomic E-state index is 13.0. The van der Waals surface area contributed by atoms with Gasteiger partial charge in [-0.05, 0) is 48.5 Å². The Hall–Kier alpha value is -3.83. The number of amides is 1. The van der Waals surface area contributed by atoms with Crippen molar-refractivity contribution in [3.63, 3.8) is 0 Å². The van der Waals surface area contributed by atoms with E-state index in [-0.39, 0.29) is 5.91 Å². The minimum Gasteiger partial charge on any atom is -0.352 e. The number of nitrogens with zero attached hydrogens (tertiary/aromatic N) is 6. The van der Waals surface area contributed by atoms with Crippen LogP contribution in [0, 0.1) is 11.3 Å². The van der Waals surface area contributed by atoms with Crippen molar-refractivity contribution in [1.29, 1.82) is 5.26 Å². The molecule has 1 aliphatic heterocycles. The van der Waals surface area contributed by atoms with Crippen molar-refractivity contribution >= 4 is 29.1 Å². The normalized spacial score (nSPS) is 13.8. The summed E-state index contributed by atoms with van der Waals surface area (Å²) < 4.78 is 2.02. The molecule has 1 saturated heterocycles. The number of hydrogen-bond donors (Lipinski definition) is 0. The molecule has 0 spiro atoms. The van der Waals surface area contributed by atoms with Crippen molar-refractivity contribution in [3.05, 3.63) is 90.0 Å². The van der Waals surface area contributed by atoms with Crippen LogP contribution in [-0.2, 0) is 5.75 Å². The average molecular weight is 455 g/mol. The molecule has 7 nitrogen and oxygen atoms in total. The molecule has 4 heterocycles. The number of fused-ring (bicyclic) bond motifs is 1. The smallest absolute Gasteiger partial charge is 0.253 e. The fraction of sp³-hybridized carbons (Fsp3) is 0.200. The third-order valence-electron chi connectivity index (χ3n) is 5.68. The predicted molar refractivity (Wildman–Crippen MR) is 128 cm³/mol. The Morgan fingerprint density at radius 1 is 1.03 bits per heavy atom. The van der Waals surface area contributed by atoms with E-state index >= 15 is 0 Å². The number of benzene rings is 1. The summed E-state index contributed by atoms with van der Waals surface area (Å²) in [6, 6.07) is 19.5. The first-order chi connectivity index (χ1) is 16.2. The first-order valence-corrected chi connectivity index (χ1v) is 11.7. The summed E-state index contributed by atoms with van der Waals surface area (Å²) in [7, 11) is 0. The van der Waals surface area contributed by atoms with E-state index in [4.69, 9.17) is 0 Å². The molecule has 164 valence electrons.